The van der Waals surface area contributed by atoms with E-state index in [1.165, 1.54) is 12.7 Å². The van der Waals surface area contributed by atoms with Gasteiger partial charge in [0.15, 0.2) is 12.3 Å². The molecule has 0 aliphatic carbocycles. The number of oxazole rings is 1. The van der Waals surface area contributed by atoms with E-state index in [2.05, 4.69) is 16.9 Å². The van der Waals surface area contributed by atoms with Gasteiger partial charge in [-0.2, -0.15) is 0 Å². The number of amides is 1. The van der Waals surface area contributed by atoms with Crippen LogP contribution in [-0.2, 0) is 6.61 Å². The summed E-state index contributed by atoms with van der Waals surface area (Å²) < 4.78 is 11.2. The maximum Gasteiger partial charge on any atom is 0.275 e. The second-order valence-corrected chi connectivity index (χ2v) is 6.77. The SMILES string of the molecule is C[C@H]1CCCN(C(=O)c2coc(COc3ccc4ncccc4c3)n2)C1. The number of piperidine rings is 1. The van der Waals surface area contributed by atoms with E-state index in [1.54, 1.807) is 6.20 Å². The van der Waals surface area contributed by atoms with Gasteiger partial charge in [0.2, 0.25) is 5.89 Å². The first-order chi connectivity index (χ1) is 12.7. The molecule has 1 amide bonds. The number of aromatic nitrogens is 2. The van der Waals surface area contributed by atoms with E-state index >= 15 is 0 Å². The van der Waals surface area contributed by atoms with Crippen molar-refractivity contribution in [3.8, 4) is 5.75 Å². The molecule has 26 heavy (non-hydrogen) atoms. The highest BCUT2D eigenvalue weighted by molar-refractivity contribution is 5.92. The standard InChI is InChI=1S/C20H21N3O3/c1-14-4-3-9-23(11-14)20(24)18-12-26-19(22-18)13-25-16-6-7-17-15(10-16)5-2-8-21-17/h2,5-8,10,12,14H,3-4,9,11,13H2,1H3/t14-/m0/s1. The monoisotopic (exact) mass is 351 g/mol. The first-order valence-electron chi connectivity index (χ1n) is 8.90. The van der Waals surface area contributed by atoms with Crippen molar-refractivity contribution >= 4 is 16.8 Å². The van der Waals surface area contributed by atoms with Crippen molar-refractivity contribution in [3.05, 3.63) is 54.4 Å². The van der Waals surface area contributed by atoms with E-state index in [-0.39, 0.29) is 12.5 Å². The van der Waals surface area contributed by atoms with Crippen molar-refractivity contribution in [3.63, 3.8) is 0 Å². The summed E-state index contributed by atoms with van der Waals surface area (Å²) in [5, 5.41) is 1.01. The fourth-order valence-electron chi connectivity index (χ4n) is 3.30. The number of carbonyl (C=O) groups is 1. The molecule has 134 valence electrons. The highest BCUT2D eigenvalue weighted by Gasteiger charge is 2.24. The number of hydrogen-bond acceptors (Lipinski definition) is 5. The van der Waals surface area contributed by atoms with Crippen LogP contribution in [0.3, 0.4) is 0 Å². The third kappa shape index (κ3) is 3.54. The van der Waals surface area contributed by atoms with Gasteiger partial charge in [-0.25, -0.2) is 4.98 Å². The lowest BCUT2D eigenvalue weighted by Crippen LogP contribution is -2.39. The number of nitrogens with zero attached hydrogens (tertiary/aromatic N) is 3. The Morgan fingerprint density at radius 1 is 1.38 bits per heavy atom. The lowest BCUT2D eigenvalue weighted by molar-refractivity contribution is 0.0677. The molecule has 1 aromatic carbocycles. The minimum atomic E-state index is -0.0664. The van der Waals surface area contributed by atoms with Crippen molar-refractivity contribution < 1.29 is 13.9 Å². The molecule has 1 aliphatic heterocycles. The molecule has 6 heteroatoms. The number of ether oxygens (including phenoxy) is 1. The van der Waals surface area contributed by atoms with Crippen LogP contribution in [0.15, 0.2) is 47.2 Å². The fourth-order valence-corrected chi connectivity index (χ4v) is 3.30. The van der Waals surface area contributed by atoms with Gasteiger partial charge in [0.05, 0.1) is 5.52 Å². The lowest BCUT2D eigenvalue weighted by Gasteiger charge is -2.30. The molecule has 0 spiro atoms. The molecule has 0 unspecified atom stereocenters. The number of pyridine rings is 1. The third-order valence-electron chi connectivity index (χ3n) is 4.65. The van der Waals surface area contributed by atoms with Crippen LogP contribution >= 0.6 is 0 Å². The van der Waals surface area contributed by atoms with E-state index in [9.17, 15) is 4.79 Å². The Balaban J connectivity index is 1.40. The zero-order valence-corrected chi connectivity index (χ0v) is 14.7. The van der Waals surface area contributed by atoms with Crippen molar-refractivity contribution in [2.75, 3.05) is 13.1 Å². The van der Waals surface area contributed by atoms with Gasteiger partial charge in [-0.05, 0) is 43.0 Å². The molecule has 0 N–H and O–H groups in total. The quantitative estimate of drug-likeness (QED) is 0.717. The largest absolute Gasteiger partial charge is 0.484 e. The summed E-state index contributed by atoms with van der Waals surface area (Å²) in [5.41, 5.74) is 1.26. The highest BCUT2D eigenvalue weighted by Crippen LogP contribution is 2.21. The zero-order valence-electron chi connectivity index (χ0n) is 14.7. The molecule has 3 heterocycles. The number of fused-ring (bicyclic) bond motifs is 1. The number of carbonyl (C=O) groups excluding carboxylic acids is 1. The maximum atomic E-state index is 12.5. The van der Waals surface area contributed by atoms with Gasteiger partial charge in [0.1, 0.15) is 12.0 Å². The molecule has 0 bridgehead atoms. The van der Waals surface area contributed by atoms with Gasteiger partial charge in [-0.1, -0.05) is 13.0 Å². The van der Waals surface area contributed by atoms with Gasteiger partial charge < -0.3 is 14.1 Å². The molecule has 1 atom stereocenters. The molecule has 4 rings (SSSR count). The average molecular weight is 351 g/mol. The predicted octanol–water partition coefficient (Wildman–Crippen LogP) is 3.67. The predicted molar refractivity (Wildman–Crippen MR) is 96.9 cm³/mol. The molecule has 3 aromatic rings. The van der Waals surface area contributed by atoms with Crippen LogP contribution in [0, 0.1) is 5.92 Å². The first-order valence-corrected chi connectivity index (χ1v) is 8.90. The Bertz CT molecular complexity index is 921. The summed E-state index contributed by atoms with van der Waals surface area (Å²) in [6, 6.07) is 9.56. The second kappa shape index (κ2) is 7.15. The van der Waals surface area contributed by atoms with Gasteiger partial charge in [0.25, 0.3) is 5.91 Å². The minimum absolute atomic E-state index is 0.0664. The Kier molecular flexibility index (Phi) is 4.56. The molecule has 6 nitrogen and oxygen atoms in total. The summed E-state index contributed by atoms with van der Waals surface area (Å²) >= 11 is 0. The topological polar surface area (TPSA) is 68.5 Å². The number of benzene rings is 1. The Morgan fingerprint density at radius 3 is 3.19 bits per heavy atom. The molecule has 1 fully saturated rings. The van der Waals surface area contributed by atoms with Crippen LogP contribution in [0.4, 0.5) is 0 Å². The summed E-state index contributed by atoms with van der Waals surface area (Å²) in [4.78, 5) is 23.0. The average Bonchev–Trinajstić information content (AvgIpc) is 3.14. The number of rotatable bonds is 4. The van der Waals surface area contributed by atoms with Gasteiger partial charge >= 0.3 is 0 Å². The van der Waals surface area contributed by atoms with Crippen molar-refractivity contribution in [1.29, 1.82) is 0 Å². The summed E-state index contributed by atoms with van der Waals surface area (Å²) in [7, 11) is 0. The second-order valence-electron chi connectivity index (χ2n) is 6.77. The third-order valence-corrected chi connectivity index (χ3v) is 4.65. The summed E-state index contributed by atoms with van der Waals surface area (Å²) in [6.07, 6.45) is 5.39. The molecule has 0 saturated carbocycles. The fraction of sp³-hybridized carbons (Fsp3) is 0.350. The van der Waals surface area contributed by atoms with Crippen LogP contribution in [-0.4, -0.2) is 33.9 Å². The summed E-state index contributed by atoms with van der Waals surface area (Å²) in [5.74, 6) is 1.57. The lowest BCUT2D eigenvalue weighted by atomic mass is 10.0. The van der Waals surface area contributed by atoms with E-state index in [0.29, 0.717) is 23.3 Å². The number of likely N-dealkylation sites (tertiary alicyclic amines) is 1. The van der Waals surface area contributed by atoms with Crippen LogP contribution in [0.1, 0.15) is 36.1 Å². The van der Waals surface area contributed by atoms with Gasteiger partial charge in [0, 0.05) is 24.7 Å². The molecular weight excluding hydrogens is 330 g/mol. The van der Waals surface area contributed by atoms with Crippen LogP contribution < -0.4 is 4.74 Å². The van der Waals surface area contributed by atoms with E-state index in [1.807, 2.05) is 35.2 Å². The summed E-state index contributed by atoms with van der Waals surface area (Å²) in [6.45, 7) is 3.91. The Labute approximate surface area is 151 Å². The molecule has 2 aromatic heterocycles. The molecule has 1 saturated heterocycles. The van der Waals surface area contributed by atoms with E-state index < -0.39 is 0 Å². The smallest absolute Gasteiger partial charge is 0.275 e. The van der Waals surface area contributed by atoms with Crippen molar-refractivity contribution in [1.82, 2.24) is 14.9 Å². The van der Waals surface area contributed by atoms with Crippen LogP contribution in [0.2, 0.25) is 0 Å². The van der Waals surface area contributed by atoms with E-state index in [4.69, 9.17) is 9.15 Å². The van der Waals surface area contributed by atoms with Crippen molar-refractivity contribution in [2.24, 2.45) is 5.92 Å². The van der Waals surface area contributed by atoms with E-state index in [0.717, 1.165) is 30.4 Å². The Morgan fingerprint density at radius 2 is 2.31 bits per heavy atom. The zero-order chi connectivity index (χ0) is 17.9. The first kappa shape index (κ1) is 16.6. The molecule has 0 radical (unpaired) electrons. The van der Waals surface area contributed by atoms with Gasteiger partial charge in [-0.15, -0.1) is 0 Å². The van der Waals surface area contributed by atoms with Crippen LogP contribution in [0.25, 0.3) is 10.9 Å². The highest BCUT2D eigenvalue weighted by atomic mass is 16.5. The normalized spacial score (nSPS) is 17.4. The van der Waals surface area contributed by atoms with Gasteiger partial charge in [-0.3, -0.25) is 9.78 Å². The Hall–Kier alpha value is -2.89. The van der Waals surface area contributed by atoms with Crippen LogP contribution in [0.5, 0.6) is 5.75 Å². The molecular formula is C20H21N3O3. The van der Waals surface area contributed by atoms with Crippen molar-refractivity contribution in [2.45, 2.75) is 26.4 Å². The minimum Gasteiger partial charge on any atom is -0.484 e. The molecule has 1 aliphatic rings. The maximum absolute atomic E-state index is 12.5. The number of hydrogen-bond donors (Lipinski definition) is 0.